The largest absolute Gasteiger partial charge is 0.481 e. The van der Waals surface area contributed by atoms with Crippen LogP contribution in [-0.2, 0) is 4.79 Å². The molecule has 2 fully saturated rings. The molecule has 0 aromatic rings. The van der Waals surface area contributed by atoms with Crippen LogP contribution in [-0.4, -0.2) is 11.1 Å². The van der Waals surface area contributed by atoms with Crippen molar-refractivity contribution >= 4 is 5.97 Å². The minimum Gasteiger partial charge on any atom is -0.481 e. The van der Waals surface area contributed by atoms with Gasteiger partial charge in [0.1, 0.15) is 0 Å². The topological polar surface area (TPSA) is 37.3 Å². The summed E-state index contributed by atoms with van der Waals surface area (Å²) in [5, 5.41) is 8.77. The van der Waals surface area contributed by atoms with E-state index in [0.717, 1.165) is 12.3 Å². The second-order valence-corrected chi connectivity index (χ2v) is 5.67. The lowest BCUT2D eigenvalue weighted by Gasteiger charge is -2.38. The van der Waals surface area contributed by atoms with Gasteiger partial charge < -0.3 is 5.11 Å². The summed E-state index contributed by atoms with van der Waals surface area (Å²) in [6, 6.07) is 0. The normalized spacial score (nSPS) is 38.9. The zero-order valence-electron chi connectivity index (χ0n) is 9.18. The lowest BCUT2D eigenvalue weighted by molar-refractivity contribution is -0.138. The summed E-state index contributed by atoms with van der Waals surface area (Å²) >= 11 is 0. The molecule has 0 radical (unpaired) electrons. The van der Waals surface area contributed by atoms with Crippen molar-refractivity contribution in [1.29, 1.82) is 0 Å². The lowest BCUT2D eigenvalue weighted by atomic mass is 9.67. The molecule has 2 heteroatoms. The molecule has 14 heavy (non-hydrogen) atoms. The number of carboxylic acids is 1. The fourth-order valence-electron chi connectivity index (χ4n) is 3.89. The van der Waals surface area contributed by atoms with Gasteiger partial charge in [-0.2, -0.15) is 0 Å². The Morgan fingerprint density at radius 2 is 1.93 bits per heavy atom. The van der Waals surface area contributed by atoms with Gasteiger partial charge in [-0.1, -0.05) is 13.8 Å². The third kappa shape index (κ3) is 1.19. The van der Waals surface area contributed by atoms with E-state index in [-0.39, 0.29) is 0 Å². The summed E-state index contributed by atoms with van der Waals surface area (Å²) in [5.41, 5.74) is 0.749. The highest BCUT2D eigenvalue weighted by atomic mass is 16.4. The maximum absolute atomic E-state index is 10.6. The SMILES string of the molecule is CC1(C)C2CCC1(CCC(=O)O)CC2. The first kappa shape index (κ1) is 10.0. The summed E-state index contributed by atoms with van der Waals surface area (Å²) in [6.07, 6.45) is 6.43. The van der Waals surface area contributed by atoms with Crippen molar-refractivity contribution in [2.45, 2.75) is 52.4 Å². The van der Waals surface area contributed by atoms with E-state index in [1.807, 2.05) is 0 Å². The van der Waals surface area contributed by atoms with E-state index in [0.29, 0.717) is 17.3 Å². The molecule has 0 aliphatic heterocycles. The summed E-state index contributed by atoms with van der Waals surface area (Å²) in [6.45, 7) is 4.69. The molecule has 2 nitrogen and oxygen atoms in total. The molecule has 2 rings (SSSR count). The van der Waals surface area contributed by atoms with Gasteiger partial charge in [-0.25, -0.2) is 0 Å². The van der Waals surface area contributed by atoms with Crippen LogP contribution in [0.25, 0.3) is 0 Å². The van der Waals surface area contributed by atoms with Crippen molar-refractivity contribution in [2.24, 2.45) is 16.7 Å². The first-order chi connectivity index (χ1) is 6.48. The number of hydrogen-bond donors (Lipinski definition) is 1. The fraction of sp³-hybridized carbons (Fsp3) is 0.917. The van der Waals surface area contributed by atoms with Crippen molar-refractivity contribution in [2.75, 3.05) is 0 Å². The third-order valence-electron chi connectivity index (χ3n) is 5.15. The van der Waals surface area contributed by atoms with Crippen LogP contribution in [0.2, 0.25) is 0 Å². The molecule has 0 heterocycles. The summed E-state index contributed by atoms with van der Waals surface area (Å²) in [4.78, 5) is 10.6. The second-order valence-electron chi connectivity index (χ2n) is 5.67. The number of carboxylic acid groups (broad SMARTS) is 1. The van der Waals surface area contributed by atoms with Gasteiger partial charge in [0, 0.05) is 6.42 Å². The second kappa shape index (κ2) is 2.98. The van der Waals surface area contributed by atoms with E-state index < -0.39 is 5.97 Å². The van der Waals surface area contributed by atoms with Crippen molar-refractivity contribution in [3.05, 3.63) is 0 Å². The molecule has 0 saturated heterocycles. The third-order valence-corrected chi connectivity index (χ3v) is 5.15. The minimum absolute atomic E-state index is 0.357. The zero-order chi connectivity index (χ0) is 10.4. The van der Waals surface area contributed by atoms with Crippen LogP contribution in [0.4, 0.5) is 0 Å². The van der Waals surface area contributed by atoms with Gasteiger partial charge in [0.15, 0.2) is 0 Å². The van der Waals surface area contributed by atoms with Crippen LogP contribution in [0.5, 0.6) is 0 Å². The molecular weight excluding hydrogens is 176 g/mol. The van der Waals surface area contributed by atoms with E-state index in [4.69, 9.17) is 5.11 Å². The summed E-state index contributed by atoms with van der Waals surface area (Å²) in [7, 11) is 0. The van der Waals surface area contributed by atoms with Crippen LogP contribution in [0.15, 0.2) is 0 Å². The van der Waals surface area contributed by atoms with Crippen molar-refractivity contribution in [1.82, 2.24) is 0 Å². The van der Waals surface area contributed by atoms with Gasteiger partial charge in [-0.3, -0.25) is 4.79 Å². The molecule has 0 atom stereocenters. The number of rotatable bonds is 3. The molecule has 0 aromatic heterocycles. The molecule has 0 amide bonds. The average Bonchev–Trinajstić information content (AvgIpc) is 2.51. The van der Waals surface area contributed by atoms with Crippen molar-refractivity contribution < 1.29 is 9.90 Å². The van der Waals surface area contributed by atoms with E-state index in [1.54, 1.807) is 0 Å². The summed E-state index contributed by atoms with van der Waals surface area (Å²) < 4.78 is 0. The Morgan fingerprint density at radius 1 is 1.36 bits per heavy atom. The van der Waals surface area contributed by atoms with Crippen molar-refractivity contribution in [3.63, 3.8) is 0 Å². The molecule has 2 aliphatic rings. The average molecular weight is 196 g/mol. The van der Waals surface area contributed by atoms with Gasteiger partial charge >= 0.3 is 5.97 Å². The number of carbonyl (C=O) groups is 1. The van der Waals surface area contributed by atoms with E-state index >= 15 is 0 Å². The van der Waals surface area contributed by atoms with Gasteiger partial charge in [0.05, 0.1) is 0 Å². The molecule has 2 aliphatic carbocycles. The number of hydrogen-bond acceptors (Lipinski definition) is 1. The summed E-state index contributed by atoms with van der Waals surface area (Å²) in [5.74, 6) is 0.224. The molecular formula is C12H20O2. The predicted octanol–water partition coefficient (Wildman–Crippen LogP) is 3.07. The Hall–Kier alpha value is -0.530. The quantitative estimate of drug-likeness (QED) is 0.753. The van der Waals surface area contributed by atoms with E-state index in [2.05, 4.69) is 13.8 Å². The maximum Gasteiger partial charge on any atom is 0.303 e. The first-order valence-corrected chi connectivity index (χ1v) is 5.70. The van der Waals surface area contributed by atoms with Gasteiger partial charge in [-0.15, -0.1) is 0 Å². The Bertz CT molecular complexity index is 247. The Morgan fingerprint density at radius 3 is 2.29 bits per heavy atom. The van der Waals surface area contributed by atoms with Crippen LogP contribution in [0.3, 0.4) is 0 Å². The van der Waals surface area contributed by atoms with Crippen LogP contribution in [0, 0.1) is 16.7 Å². The van der Waals surface area contributed by atoms with Gasteiger partial charge in [0.2, 0.25) is 0 Å². The number of fused-ring (bicyclic) bond motifs is 2. The van der Waals surface area contributed by atoms with E-state index in [9.17, 15) is 4.79 Å². The number of aliphatic carboxylic acids is 1. The fourth-order valence-corrected chi connectivity index (χ4v) is 3.89. The van der Waals surface area contributed by atoms with Gasteiger partial charge in [0.25, 0.3) is 0 Å². The minimum atomic E-state index is -0.634. The molecule has 2 saturated carbocycles. The zero-order valence-corrected chi connectivity index (χ0v) is 9.18. The Labute approximate surface area is 85.7 Å². The van der Waals surface area contributed by atoms with E-state index in [1.165, 1.54) is 25.7 Å². The highest BCUT2D eigenvalue weighted by Gasteiger charge is 2.58. The molecule has 0 unspecified atom stereocenters. The highest BCUT2D eigenvalue weighted by Crippen LogP contribution is 2.67. The monoisotopic (exact) mass is 196 g/mol. The molecule has 1 N–H and O–H groups in total. The molecule has 80 valence electrons. The maximum atomic E-state index is 10.6. The lowest BCUT2D eigenvalue weighted by Crippen LogP contribution is -2.30. The highest BCUT2D eigenvalue weighted by molar-refractivity contribution is 5.66. The molecule has 2 bridgehead atoms. The first-order valence-electron chi connectivity index (χ1n) is 5.70. The Balaban J connectivity index is 2.11. The van der Waals surface area contributed by atoms with Crippen LogP contribution in [0.1, 0.15) is 52.4 Å². The molecule has 0 spiro atoms. The standard InChI is InChI=1S/C12H20O2/c1-11(2)9-3-6-12(11,7-4-9)8-5-10(13)14/h9H,3-8H2,1-2H3,(H,13,14). The predicted molar refractivity (Wildman–Crippen MR) is 55.0 cm³/mol. The molecule has 0 aromatic carbocycles. The van der Waals surface area contributed by atoms with Crippen LogP contribution < -0.4 is 0 Å². The Kier molecular flexibility index (Phi) is 2.13. The van der Waals surface area contributed by atoms with Crippen molar-refractivity contribution in [3.8, 4) is 0 Å². The smallest absolute Gasteiger partial charge is 0.303 e. The van der Waals surface area contributed by atoms with Crippen LogP contribution >= 0.6 is 0 Å². The van der Waals surface area contributed by atoms with Gasteiger partial charge in [-0.05, 0) is 48.9 Å².